The third-order valence-corrected chi connectivity index (χ3v) is 4.97. The van der Waals surface area contributed by atoms with Crippen molar-refractivity contribution < 1.29 is 28.5 Å². The van der Waals surface area contributed by atoms with Gasteiger partial charge in [0.1, 0.15) is 13.2 Å². The molecule has 0 spiro atoms. The second-order valence-electron chi connectivity index (χ2n) is 7.11. The number of hydrogen-bond donors (Lipinski definition) is 0. The Morgan fingerprint density at radius 1 is 0.808 bits per heavy atom. The summed E-state index contributed by atoms with van der Waals surface area (Å²) in [5.74, 6) is -0.436. The van der Waals surface area contributed by atoms with Crippen LogP contribution in [0.25, 0.3) is 0 Å². The number of carbonyl (C=O) groups is 2. The highest BCUT2D eigenvalue weighted by Gasteiger charge is 2.23. The Hall–Kier alpha value is -1.14. The average Bonchev–Trinajstić information content (AvgIpc) is 2.67. The summed E-state index contributed by atoms with van der Waals surface area (Å²) in [6.07, 6.45) is 5.73. The minimum atomic E-state index is -0.159. The van der Waals surface area contributed by atoms with E-state index in [9.17, 15) is 9.59 Å². The number of esters is 2. The van der Waals surface area contributed by atoms with E-state index in [-0.39, 0.29) is 36.0 Å². The Bertz CT molecular complexity index is 375. The van der Waals surface area contributed by atoms with E-state index in [1.807, 2.05) is 27.7 Å². The molecule has 0 radical (unpaired) electrons. The Labute approximate surface area is 157 Å². The molecule has 0 heterocycles. The first kappa shape index (κ1) is 22.9. The van der Waals surface area contributed by atoms with E-state index in [2.05, 4.69) is 0 Å². The van der Waals surface area contributed by atoms with E-state index < -0.39 is 0 Å². The topological polar surface area (TPSA) is 71.1 Å². The van der Waals surface area contributed by atoms with Crippen LogP contribution in [0.3, 0.4) is 0 Å². The van der Waals surface area contributed by atoms with Crippen LogP contribution in [0.2, 0.25) is 0 Å². The van der Waals surface area contributed by atoms with Crippen molar-refractivity contribution >= 4 is 11.9 Å². The molecule has 152 valence electrons. The van der Waals surface area contributed by atoms with E-state index in [4.69, 9.17) is 18.9 Å². The van der Waals surface area contributed by atoms with Gasteiger partial charge in [-0.25, -0.2) is 0 Å². The van der Waals surface area contributed by atoms with Gasteiger partial charge in [-0.15, -0.1) is 0 Å². The lowest BCUT2D eigenvalue weighted by molar-refractivity contribution is -0.151. The molecule has 0 aromatic rings. The van der Waals surface area contributed by atoms with Crippen molar-refractivity contribution in [2.75, 3.05) is 26.4 Å². The van der Waals surface area contributed by atoms with Gasteiger partial charge in [0.2, 0.25) is 0 Å². The standard InChI is InChI=1S/C20H36O6/c1-5-15(3)19(21)25-12-10-23-17-8-7-9-18(14-17)24-11-13-26-20(22)16(4)6-2/h15-18H,5-14H2,1-4H3. The second kappa shape index (κ2) is 13.1. The maximum atomic E-state index is 11.6. The highest BCUT2D eigenvalue weighted by molar-refractivity contribution is 5.72. The molecule has 1 aliphatic rings. The highest BCUT2D eigenvalue weighted by atomic mass is 16.6. The molecule has 1 rings (SSSR count). The number of carbonyl (C=O) groups excluding carboxylic acids is 2. The number of rotatable bonds is 12. The molecule has 4 atom stereocenters. The summed E-state index contributed by atoms with van der Waals surface area (Å²) in [5.41, 5.74) is 0. The zero-order valence-corrected chi connectivity index (χ0v) is 16.8. The monoisotopic (exact) mass is 372 g/mol. The summed E-state index contributed by atoms with van der Waals surface area (Å²) in [6, 6.07) is 0. The molecule has 1 saturated carbocycles. The molecule has 0 N–H and O–H groups in total. The molecule has 6 heteroatoms. The molecule has 4 unspecified atom stereocenters. The van der Waals surface area contributed by atoms with Crippen LogP contribution in [0.5, 0.6) is 0 Å². The predicted octanol–water partition coefficient (Wildman–Crippen LogP) is 3.51. The summed E-state index contributed by atoms with van der Waals surface area (Å²) in [4.78, 5) is 23.2. The SMILES string of the molecule is CCC(C)C(=O)OCCOC1CCCC(OCCOC(=O)C(C)CC)C1. The second-order valence-corrected chi connectivity index (χ2v) is 7.11. The van der Waals surface area contributed by atoms with Crippen molar-refractivity contribution in [2.45, 2.75) is 78.4 Å². The van der Waals surface area contributed by atoms with Gasteiger partial charge in [0.15, 0.2) is 0 Å². The number of hydrogen-bond acceptors (Lipinski definition) is 6. The van der Waals surface area contributed by atoms with E-state index in [0.717, 1.165) is 38.5 Å². The molecule has 6 nitrogen and oxygen atoms in total. The molecule has 1 fully saturated rings. The Morgan fingerprint density at radius 3 is 1.62 bits per heavy atom. The number of ether oxygens (including phenoxy) is 4. The smallest absolute Gasteiger partial charge is 0.308 e. The van der Waals surface area contributed by atoms with Crippen LogP contribution in [0.4, 0.5) is 0 Å². The van der Waals surface area contributed by atoms with Crippen molar-refractivity contribution in [3.8, 4) is 0 Å². The van der Waals surface area contributed by atoms with Gasteiger partial charge in [0.25, 0.3) is 0 Å². The molecular weight excluding hydrogens is 336 g/mol. The minimum Gasteiger partial charge on any atom is -0.463 e. The van der Waals surface area contributed by atoms with Crippen LogP contribution in [0.15, 0.2) is 0 Å². The van der Waals surface area contributed by atoms with Crippen molar-refractivity contribution in [3.05, 3.63) is 0 Å². The van der Waals surface area contributed by atoms with Gasteiger partial charge in [-0.05, 0) is 38.5 Å². The molecule has 0 aromatic heterocycles. The van der Waals surface area contributed by atoms with Crippen molar-refractivity contribution in [1.29, 1.82) is 0 Å². The van der Waals surface area contributed by atoms with E-state index >= 15 is 0 Å². The summed E-state index contributed by atoms with van der Waals surface area (Å²) in [5, 5.41) is 0. The highest BCUT2D eigenvalue weighted by Crippen LogP contribution is 2.23. The van der Waals surface area contributed by atoms with Crippen molar-refractivity contribution in [1.82, 2.24) is 0 Å². The van der Waals surface area contributed by atoms with Gasteiger partial charge < -0.3 is 18.9 Å². The fourth-order valence-electron chi connectivity index (χ4n) is 2.74. The fourth-order valence-corrected chi connectivity index (χ4v) is 2.74. The van der Waals surface area contributed by atoms with Crippen LogP contribution in [0.1, 0.15) is 66.2 Å². The first-order valence-corrected chi connectivity index (χ1v) is 10.0. The fraction of sp³-hybridized carbons (Fsp3) is 0.900. The van der Waals surface area contributed by atoms with Crippen LogP contribution < -0.4 is 0 Å². The largest absolute Gasteiger partial charge is 0.463 e. The zero-order valence-electron chi connectivity index (χ0n) is 16.8. The van der Waals surface area contributed by atoms with Crippen LogP contribution >= 0.6 is 0 Å². The lowest BCUT2D eigenvalue weighted by atomic mass is 9.95. The van der Waals surface area contributed by atoms with Gasteiger partial charge >= 0.3 is 11.9 Å². The average molecular weight is 373 g/mol. The van der Waals surface area contributed by atoms with Crippen LogP contribution in [-0.2, 0) is 28.5 Å². The maximum Gasteiger partial charge on any atom is 0.308 e. The summed E-state index contributed by atoms with van der Waals surface area (Å²) >= 11 is 0. The van der Waals surface area contributed by atoms with Gasteiger partial charge in [-0.2, -0.15) is 0 Å². The first-order valence-electron chi connectivity index (χ1n) is 10.0. The Balaban J connectivity index is 2.12. The molecule has 0 saturated heterocycles. The molecule has 0 aliphatic heterocycles. The lowest BCUT2D eigenvalue weighted by Gasteiger charge is -2.29. The molecule has 0 amide bonds. The summed E-state index contributed by atoms with van der Waals surface area (Å²) < 4.78 is 22.0. The van der Waals surface area contributed by atoms with Gasteiger partial charge in [0, 0.05) is 0 Å². The predicted molar refractivity (Wildman–Crippen MR) is 98.8 cm³/mol. The third kappa shape index (κ3) is 8.99. The molecule has 1 aliphatic carbocycles. The Kier molecular flexibility index (Phi) is 11.5. The van der Waals surface area contributed by atoms with E-state index in [1.54, 1.807) is 0 Å². The van der Waals surface area contributed by atoms with Crippen LogP contribution in [0, 0.1) is 11.8 Å². The normalized spacial score (nSPS) is 22.5. The molecule has 26 heavy (non-hydrogen) atoms. The zero-order chi connectivity index (χ0) is 19.4. The Morgan fingerprint density at radius 2 is 1.23 bits per heavy atom. The summed E-state index contributed by atoms with van der Waals surface area (Å²) in [7, 11) is 0. The van der Waals surface area contributed by atoms with Gasteiger partial charge in [-0.3, -0.25) is 9.59 Å². The van der Waals surface area contributed by atoms with Crippen molar-refractivity contribution in [3.63, 3.8) is 0 Å². The molecule has 0 bridgehead atoms. The quantitative estimate of drug-likeness (QED) is 0.386. The van der Waals surface area contributed by atoms with E-state index in [0.29, 0.717) is 26.4 Å². The summed E-state index contributed by atoms with van der Waals surface area (Å²) in [6.45, 7) is 9.12. The van der Waals surface area contributed by atoms with Gasteiger partial charge in [0.05, 0.1) is 37.3 Å². The van der Waals surface area contributed by atoms with Crippen LogP contribution in [-0.4, -0.2) is 50.6 Å². The first-order chi connectivity index (χ1) is 12.5. The minimum absolute atomic E-state index is 0.0584. The van der Waals surface area contributed by atoms with Gasteiger partial charge in [-0.1, -0.05) is 27.7 Å². The maximum absolute atomic E-state index is 11.6. The molecular formula is C20H36O6. The van der Waals surface area contributed by atoms with Crippen molar-refractivity contribution in [2.24, 2.45) is 11.8 Å². The lowest BCUT2D eigenvalue weighted by Crippen LogP contribution is -2.30. The third-order valence-electron chi connectivity index (χ3n) is 4.97. The van der Waals surface area contributed by atoms with E-state index in [1.165, 1.54) is 0 Å². The molecule has 0 aromatic carbocycles.